The molecule has 2 atom stereocenters. The van der Waals surface area contributed by atoms with E-state index >= 15 is 0 Å². The van der Waals surface area contributed by atoms with E-state index in [4.69, 9.17) is 14.4 Å². The molecule has 1 N–H and O–H groups in total. The van der Waals surface area contributed by atoms with Crippen LogP contribution in [0.1, 0.15) is 37.9 Å². The first kappa shape index (κ1) is 19.6. The van der Waals surface area contributed by atoms with Gasteiger partial charge in [-0.1, -0.05) is 0 Å². The van der Waals surface area contributed by atoms with Crippen LogP contribution in [0.4, 0.5) is 10.2 Å². The highest BCUT2D eigenvalue weighted by Gasteiger charge is 2.34. The number of piperidine rings is 1. The fraction of sp³-hybridized carbons (Fsp3) is 0.600. The monoisotopic (exact) mass is 450 g/mol. The molecule has 6 nitrogen and oxygen atoms in total. The summed E-state index contributed by atoms with van der Waals surface area (Å²) in [6, 6.07) is 4.58. The summed E-state index contributed by atoms with van der Waals surface area (Å²) in [5.41, 5.74) is 0.599. The smallest absolute Gasteiger partial charge is 0.204 e. The molecule has 2 aliphatic rings. The Kier molecular flexibility index (Phi) is 5.85. The standard InChI is InChI=1S/C20H24BrFN4O2/c1-27-18-11-26(7-6-16(18)22)13-4-2-12(3-5-13)25-20-19(21)15-8-14(9-23)28-17(15)10-24-20/h8,10,12-13,16,18H,2-7,11H2,1H3,(H,24,25)/t12?,13?,16-,18+/m0/s1. The number of hydrogen-bond donors (Lipinski definition) is 1. The molecule has 2 fully saturated rings. The van der Waals surface area contributed by atoms with E-state index in [2.05, 4.69) is 31.1 Å². The van der Waals surface area contributed by atoms with Gasteiger partial charge in [0.2, 0.25) is 5.76 Å². The van der Waals surface area contributed by atoms with E-state index in [1.54, 1.807) is 19.4 Å². The average Bonchev–Trinajstić information content (AvgIpc) is 3.15. The molecule has 8 heteroatoms. The topological polar surface area (TPSA) is 74.3 Å². The van der Waals surface area contributed by atoms with Crippen LogP contribution in [0, 0.1) is 11.3 Å². The second-order valence-corrected chi connectivity index (χ2v) is 8.44. The van der Waals surface area contributed by atoms with Crippen molar-refractivity contribution in [3.05, 3.63) is 22.5 Å². The van der Waals surface area contributed by atoms with Crippen molar-refractivity contribution < 1.29 is 13.5 Å². The lowest BCUT2D eigenvalue weighted by Gasteiger charge is -2.42. The molecule has 0 amide bonds. The summed E-state index contributed by atoms with van der Waals surface area (Å²) in [4.78, 5) is 6.85. The number of hydrogen-bond acceptors (Lipinski definition) is 6. The number of furan rings is 1. The van der Waals surface area contributed by atoms with Gasteiger partial charge < -0.3 is 14.5 Å². The Morgan fingerprint density at radius 3 is 2.86 bits per heavy atom. The lowest BCUT2D eigenvalue weighted by atomic mass is 9.88. The van der Waals surface area contributed by atoms with E-state index < -0.39 is 6.17 Å². The number of nitrogens with zero attached hydrogens (tertiary/aromatic N) is 3. The first-order valence-corrected chi connectivity index (χ1v) is 10.5. The van der Waals surface area contributed by atoms with Crippen molar-refractivity contribution in [1.29, 1.82) is 5.26 Å². The van der Waals surface area contributed by atoms with Gasteiger partial charge in [0.15, 0.2) is 5.58 Å². The van der Waals surface area contributed by atoms with Gasteiger partial charge in [0.25, 0.3) is 0 Å². The third kappa shape index (κ3) is 3.88. The van der Waals surface area contributed by atoms with Crippen LogP contribution < -0.4 is 5.32 Å². The number of halogens is 2. The molecular weight excluding hydrogens is 427 g/mol. The number of fused-ring (bicyclic) bond motifs is 1. The van der Waals surface area contributed by atoms with Crippen LogP contribution in [0.2, 0.25) is 0 Å². The van der Waals surface area contributed by atoms with Gasteiger partial charge in [-0.15, -0.1) is 0 Å². The second-order valence-electron chi connectivity index (χ2n) is 7.64. The van der Waals surface area contributed by atoms with Crippen LogP contribution in [0.25, 0.3) is 11.0 Å². The molecule has 0 bridgehead atoms. The van der Waals surface area contributed by atoms with Crippen molar-refractivity contribution in [2.45, 2.75) is 56.5 Å². The fourth-order valence-electron chi connectivity index (χ4n) is 4.38. The van der Waals surface area contributed by atoms with Crippen molar-refractivity contribution in [3.8, 4) is 6.07 Å². The van der Waals surface area contributed by atoms with Crippen molar-refractivity contribution in [1.82, 2.24) is 9.88 Å². The number of nitrogens with one attached hydrogen (secondary N) is 1. The van der Waals surface area contributed by atoms with Gasteiger partial charge in [0.1, 0.15) is 24.2 Å². The third-order valence-corrected chi connectivity index (χ3v) is 6.80. The van der Waals surface area contributed by atoms with E-state index in [-0.39, 0.29) is 11.9 Å². The number of anilines is 1. The Labute approximate surface area is 172 Å². The van der Waals surface area contributed by atoms with E-state index in [1.807, 2.05) is 6.07 Å². The molecule has 0 unspecified atom stereocenters. The molecule has 0 aromatic carbocycles. The predicted molar refractivity (Wildman–Crippen MR) is 108 cm³/mol. The lowest BCUT2D eigenvalue weighted by Crippen LogP contribution is -2.51. The summed E-state index contributed by atoms with van der Waals surface area (Å²) in [5.74, 6) is 1.06. The number of ether oxygens (including phenoxy) is 1. The van der Waals surface area contributed by atoms with Gasteiger partial charge in [-0.25, -0.2) is 9.37 Å². The van der Waals surface area contributed by atoms with E-state index in [0.29, 0.717) is 30.6 Å². The minimum Gasteiger partial charge on any atom is -0.444 e. The fourth-order valence-corrected chi connectivity index (χ4v) is 4.91. The molecule has 1 saturated carbocycles. The Morgan fingerprint density at radius 2 is 2.14 bits per heavy atom. The Bertz CT molecular complexity index is 875. The van der Waals surface area contributed by atoms with E-state index in [1.165, 1.54) is 0 Å². The van der Waals surface area contributed by atoms with Gasteiger partial charge in [-0.3, -0.25) is 4.90 Å². The highest BCUT2D eigenvalue weighted by molar-refractivity contribution is 9.10. The van der Waals surface area contributed by atoms with Gasteiger partial charge in [-0.2, -0.15) is 5.26 Å². The van der Waals surface area contributed by atoms with Crippen molar-refractivity contribution >= 4 is 32.7 Å². The minimum atomic E-state index is -0.845. The Balaban J connectivity index is 1.36. The molecule has 2 aromatic rings. The number of rotatable bonds is 4. The first-order chi connectivity index (χ1) is 13.6. The summed E-state index contributed by atoms with van der Waals surface area (Å²) in [6.45, 7) is 1.50. The highest BCUT2D eigenvalue weighted by Crippen LogP contribution is 2.34. The van der Waals surface area contributed by atoms with Gasteiger partial charge in [0, 0.05) is 43.7 Å². The molecule has 1 aliphatic heterocycles. The number of alkyl halides is 1. The van der Waals surface area contributed by atoms with Crippen LogP contribution in [0.3, 0.4) is 0 Å². The minimum absolute atomic E-state index is 0.279. The number of likely N-dealkylation sites (tertiary alicyclic amines) is 1. The van der Waals surface area contributed by atoms with Crippen LogP contribution in [-0.2, 0) is 4.74 Å². The van der Waals surface area contributed by atoms with Gasteiger partial charge in [0.05, 0.1) is 10.7 Å². The predicted octanol–water partition coefficient (Wildman–Crippen LogP) is 4.24. The number of methoxy groups -OCH3 is 1. The van der Waals surface area contributed by atoms with Crippen LogP contribution >= 0.6 is 15.9 Å². The van der Waals surface area contributed by atoms with Crippen molar-refractivity contribution in [3.63, 3.8) is 0 Å². The van der Waals surface area contributed by atoms with Crippen LogP contribution in [0.15, 0.2) is 21.2 Å². The number of pyridine rings is 1. The molecule has 2 aromatic heterocycles. The molecule has 28 heavy (non-hydrogen) atoms. The maximum atomic E-state index is 13.9. The summed E-state index contributed by atoms with van der Waals surface area (Å²) in [5, 5.41) is 13.4. The molecule has 1 aliphatic carbocycles. The normalized spacial score (nSPS) is 28.9. The number of aromatic nitrogens is 1. The zero-order chi connectivity index (χ0) is 19.7. The average molecular weight is 451 g/mol. The van der Waals surface area contributed by atoms with Crippen molar-refractivity contribution in [2.24, 2.45) is 0 Å². The summed E-state index contributed by atoms with van der Waals surface area (Å²) in [6.07, 6.45) is 5.30. The molecule has 0 spiro atoms. The molecule has 0 radical (unpaired) electrons. The third-order valence-electron chi connectivity index (χ3n) is 5.99. The molecule has 4 rings (SSSR count). The quantitative estimate of drug-likeness (QED) is 0.750. The SMILES string of the molecule is CO[C@@H]1CN(C2CCC(Nc3ncc4oc(C#N)cc4c3Br)CC2)CC[C@@H]1F. The molecule has 3 heterocycles. The summed E-state index contributed by atoms with van der Waals surface area (Å²) in [7, 11) is 1.60. The van der Waals surface area contributed by atoms with Gasteiger partial charge >= 0.3 is 0 Å². The molecule has 1 saturated heterocycles. The Morgan fingerprint density at radius 1 is 1.36 bits per heavy atom. The maximum absolute atomic E-state index is 13.9. The summed E-state index contributed by atoms with van der Waals surface area (Å²) < 4.78 is 25.4. The lowest BCUT2D eigenvalue weighted by molar-refractivity contribution is -0.0416. The molecule has 150 valence electrons. The van der Waals surface area contributed by atoms with Crippen molar-refractivity contribution in [2.75, 3.05) is 25.5 Å². The zero-order valence-electron chi connectivity index (χ0n) is 15.8. The van der Waals surface area contributed by atoms with E-state index in [9.17, 15) is 4.39 Å². The maximum Gasteiger partial charge on any atom is 0.204 e. The summed E-state index contributed by atoms with van der Waals surface area (Å²) >= 11 is 3.59. The largest absolute Gasteiger partial charge is 0.444 e. The van der Waals surface area contributed by atoms with E-state index in [0.717, 1.165) is 47.9 Å². The Hall–Kier alpha value is -1.69. The molecular formula is C20H24BrFN4O2. The van der Waals surface area contributed by atoms with Crippen LogP contribution in [0.5, 0.6) is 0 Å². The highest BCUT2D eigenvalue weighted by atomic mass is 79.9. The number of nitriles is 1. The van der Waals surface area contributed by atoms with Crippen LogP contribution in [-0.4, -0.2) is 54.4 Å². The first-order valence-electron chi connectivity index (χ1n) is 9.74. The second kappa shape index (κ2) is 8.36. The van der Waals surface area contributed by atoms with Gasteiger partial charge in [-0.05, 0) is 48.0 Å². The zero-order valence-corrected chi connectivity index (χ0v) is 17.4.